The third-order valence-corrected chi connectivity index (χ3v) is 6.45. The SMILES string of the molecule is CC[C@H]1CNCCN1c1nc(=O)n(-c2c(C)ccnc2C(C)C)c2nc(Cl)c(Cl)cc12. The molecular formula is C22H26Cl2N6O. The van der Waals surface area contributed by atoms with Crippen LogP contribution in [0.3, 0.4) is 0 Å². The average molecular weight is 461 g/mol. The third-order valence-electron chi connectivity index (χ3n) is 5.78. The van der Waals surface area contributed by atoms with Gasteiger partial charge in [0.25, 0.3) is 0 Å². The van der Waals surface area contributed by atoms with Gasteiger partial charge in [0.05, 0.1) is 21.8 Å². The molecule has 0 aromatic carbocycles. The first-order valence-corrected chi connectivity index (χ1v) is 11.3. The first-order chi connectivity index (χ1) is 14.8. The van der Waals surface area contributed by atoms with E-state index >= 15 is 0 Å². The van der Waals surface area contributed by atoms with Crippen LogP contribution in [0.1, 0.15) is 44.4 Å². The van der Waals surface area contributed by atoms with E-state index in [4.69, 9.17) is 23.2 Å². The molecule has 4 heterocycles. The number of nitrogens with one attached hydrogen (secondary N) is 1. The Morgan fingerprint density at radius 2 is 2.06 bits per heavy atom. The number of pyridine rings is 2. The lowest BCUT2D eigenvalue weighted by molar-refractivity contribution is 0.463. The van der Waals surface area contributed by atoms with E-state index in [0.29, 0.717) is 27.6 Å². The normalized spacial score (nSPS) is 17.0. The highest BCUT2D eigenvalue weighted by atomic mass is 35.5. The van der Waals surface area contributed by atoms with Crippen LogP contribution in [0.15, 0.2) is 23.1 Å². The van der Waals surface area contributed by atoms with Gasteiger partial charge < -0.3 is 10.2 Å². The number of aryl methyl sites for hydroxylation is 1. The second kappa shape index (κ2) is 8.73. The monoisotopic (exact) mass is 460 g/mol. The minimum Gasteiger partial charge on any atom is -0.350 e. The van der Waals surface area contributed by atoms with Gasteiger partial charge in [0.15, 0.2) is 5.65 Å². The molecule has 31 heavy (non-hydrogen) atoms. The van der Waals surface area contributed by atoms with Gasteiger partial charge in [0.1, 0.15) is 11.0 Å². The molecule has 0 bridgehead atoms. The second-order valence-electron chi connectivity index (χ2n) is 8.16. The molecule has 1 aliphatic rings. The second-order valence-corrected chi connectivity index (χ2v) is 8.93. The summed E-state index contributed by atoms with van der Waals surface area (Å²) in [4.78, 5) is 29.3. The maximum Gasteiger partial charge on any atom is 0.355 e. The smallest absolute Gasteiger partial charge is 0.350 e. The van der Waals surface area contributed by atoms with E-state index in [0.717, 1.165) is 37.3 Å². The summed E-state index contributed by atoms with van der Waals surface area (Å²) in [7, 11) is 0. The number of rotatable bonds is 4. The fourth-order valence-electron chi connectivity index (χ4n) is 4.19. The topological polar surface area (TPSA) is 75.9 Å². The van der Waals surface area contributed by atoms with Crippen LogP contribution in [0.25, 0.3) is 16.7 Å². The largest absolute Gasteiger partial charge is 0.355 e. The standard InChI is InChI=1S/C22H26Cl2N6O/c1-5-14-11-25-8-9-29(14)20-15-10-16(23)19(24)27-21(15)30(22(31)28-20)18-13(4)6-7-26-17(18)12(2)3/h6-7,10,12,14,25H,5,8-9,11H2,1-4H3/t14-/m0/s1. The van der Waals surface area contributed by atoms with Crippen LogP contribution in [0.2, 0.25) is 10.2 Å². The fraction of sp³-hybridized carbons (Fsp3) is 0.455. The Bertz CT molecular complexity index is 1190. The van der Waals surface area contributed by atoms with Crippen molar-refractivity contribution < 1.29 is 0 Å². The van der Waals surface area contributed by atoms with Crippen molar-refractivity contribution in [3.63, 3.8) is 0 Å². The Balaban J connectivity index is 2.08. The first-order valence-electron chi connectivity index (χ1n) is 10.6. The van der Waals surface area contributed by atoms with Gasteiger partial charge in [-0.15, -0.1) is 0 Å². The van der Waals surface area contributed by atoms with E-state index in [1.807, 2.05) is 26.8 Å². The summed E-state index contributed by atoms with van der Waals surface area (Å²) < 4.78 is 1.53. The lowest BCUT2D eigenvalue weighted by Gasteiger charge is -2.37. The summed E-state index contributed by atoms with van der Waals surface area (Å²) in [5.74, 6) is 0.709. The van der Waals surface area contributed by atoms with Crippen molar-refractivity contribution in [3.05, 3.63) is 50.2 Å². The van der Waals surface area contributed by atoms with Gasteiger partial charge in [-0.1, -0.05) is 44.0 Å². The number of anilines is 1. The number of halogens is 2. The van der Waals surface area contributed by atoms with Crippen molar-refractivity contribution in [2.75, 3.05) is 24.5 Å². The van der Waals surface area contributed by atoms with Gasteiger partial charge >= 0.3 is 5.69 Å². The van der Waals surface area contributed by atoms with Crippen molar-refractivity contribution in [2.24, 2.45) is 0 Å². The Kier molecular flexibility index (Phi) is 6.19. The number of aromatic nitrogens is 4. The average Bonchev–Trinajstić information content (AvgIpc) is 2.75. The number of nitrogens with zero attached hydrogens (tertiary/aromatic N) is 5. The maximum absolute atomic E-state index is 13.5. The van der Waals surface area contributed by atoms with Crippen LogP contribution in [-0.4, -0.2) is 45.2 Å². The quantitative estimate of drug-likeness (QED) is 0.590. The highest BCUT2D eigenvalue weighted by Gasteiger charge is 2.27. The number of hydrogen-bond acceptors (Lipinski definition) is 6. The predicted octanol–water partition coefficient (Wildman–Crippen LogP) is 4.10. The Hall–Kier alpha value is -2.22. The Morgan fingerprint density at radius 1 is 1.29 bits per heavy atom. The fourth-order valence-corrected chi connectivity index (χ4v) is 4.48. The molecule has 0 amide bonds. The molecule has 4 rings (SSSR count). The van der Waals surface area contributed by atoms with E-state index in [1.54, 1.807) is 12.3 Å². The molecule has 0 aliphatic carbocycles. The predicted molar refractivity (Wildman–Crippen MR) is 126 cm³/mol. The van der Waals surface area contributed by atoms with E-state index in [2.05, 4.69) is 32.1 Å². The minimum atomic E-state index is -0.403. The molecule has 9 heteroatoms. The highest BCUT2D eigenvalue weighted by molar-refractivity contribution is 6.41. The van der Waals surface area contributed by atoms with Gasteiger partial charge in [-0.05, 0) is 37.0 Å². The van der Waals surface area contributed by atoms with Crippen LogP contribution in [-0.2, 0) is 0 Å². The van der Waals surface area contributed by atoms with Gasteiger partial charge in [-0.3, -0.25) is 4.98 Å². The van der Waals surface area contributed by atoms with Gasteiger partial charge in [-0.25, -0.2) is 14.3 Å². The molecule has 7 nitrogen and oxygen atoms in total. The van der Waals surface area contributed by atoms with E-state index < -0.39 is 5.69 Å². The van der Waals surface area contributed by atoms with Crippen molar-refractivity contribution in [3.8, 4) is 5.69 Å². The van der Waals surface area contributed by atoms with Crippen LogP contribution >= 0.6 is 23.2 Å². The molecule has 1 fully saturated rings. The van der Waals surface area contributed by atoms with Gasteiger partial charge in [-0.2, -0.15) is 4.98 Å². The Labute approximate surface area is 191 Å². The molecule has 1 saturated heterocycles. The minimum absolute atomic E-state index is 0.108. The number of fused-ring (bicyclic) bond motifs is 1. The molecule has 1 atom stereocenters. The number of piperazine rings is 1. The molecule has 164 valence electrons. The first kappa shape index (κ1) is 22.0. The molecule has 0 spiro atoms. The lowest BCUT2D eigenvalue weighted by Crippen LogP contribution is -2.52. The maximum atomic E-state index is 13.5. The Morgan fingerprint density at radius 3 is 2.77 bits per heavy atom. The van der Waals surface area contributed by atoms with E-state index in [-0.39, 0.29) is 17.1 Å². The van der Waals surface area contributed by atoms with E-state index in [1.165, 1.54) is 4.57 Å². The summed E-state index contributed by atoms with van der Waals surface area (Å²) in [5.41, 5.74) is 2.46. The van der Waals surface area contributed by atoms with Crippen LogP contribution in [0.4, 0.5) is 5.82 Å². The summed E-state index contributed by atoms with van der Waals surface area (Å²) in [6, 6.07) is 3.87. The molecule has 0 radical (unpaired) electrons. The van der Waals surface area contributed by atoms with Crippen molar-refractivity contribution in [1.29, 1.82) is 0 Å². The molecule has 0 saturated carbocycles. The highest BCUT2D eigenvalue weighted by Crippen LogP contribution is 2.33. The molecule has 0 unspecified atom stereocenters. The lowest BCUT2D eigenvalue weighted by atomic mass is 10.0. The van der Waals surface area contributed by atoms with Crippen LogP contribution in [0, 0.1) is 6.92 Å². The zero-order valence-corrected chi connectivity index (χ0v) is 19.6. The van der Waals surface area contributed by atoms with Crippen molar-refractivity contribution in [2.45, 2.75) is 46.1 Å². The van der Waals surface area contributed by atoms with Crippen molar-refractivity contribution >= 4 is 40.1 Å². The molecule has 3 aromatic heterocycles. The molecular weight excluding hydrogens is 435 g/mol. The zero-order chi connectivity index (χ0) is 22.3. The van der Waals surface area contributed by atoms with Crippen LogP contribution in [0.5, 0.6) is 0 Å². The summed E-state index contributed by atoms with van der Waals surface area (Å²) >= 11 is 12.7. The summed E-state index contributed by atoms with van der Waals surface area (Å²) in [6.45, 7) is 10.6. The molecule has 3 aromatic rings. The third kappa shape index (κ3) is 3.90. The molecule has 1 N–H and O–H groups in total. The van der Waals surface area contributed by atoms with Crippen molar-refractivity contribution in [1.82, 2.24) is 24.8 Å². The van der Waals surface area contributed by atoms with Gasteiger partial charge in [0, 0.05) is 31.9 Å². The van der Waals surface area contributed by atoms with Gasteiger partial charge in [0.2, 0.25) is 0 Å². The summed E-state index contributed by atoms with van der Waals surface area (Å²) in [6.07, 6.45) is 2.68. The number of hydrogen-bond donors (Lipinski definition) is 1. The van der Waals surface area contributed by atoms with Crippen LogP contribution < -0.4 is 15.9 Å². The summed E-state index contributed by atoms with van der Waals surface area (Å²) in [5, 5.41) is 4.59. The molecule has 1 aliphatic heterocycles. The van der Waals surface area contributed by atoms with E-state index in [9.17, 15) is 4.79 Å². The zero-order valence-electron chi connectivity index (χ0n) is 18.1.